The lowest BCUT2D eigenvalue weighted by molar-refractivity contribution is 0.415. The van der Waals surface area contributed by atoms with Crippen LogP contribution in [0.1, 0.15) is 16.8 Å². The standard InChI is InChI=1S/C14H18N2O/c1-8-4-10(17-3)7-12-11-5-9(15-2)6-13(11)16-14(8)12/h4,7,9,15-16H,5-6H2,1-3H3. The lowest BCUT2D eigenvalue weighted by atomic mass is 10.1. The molecule has 3 nitrogen and oxygen atoms in total. The third-order valence-electron chi connectivity index (χ3n) is 3.82. The summed E-state index contributed by atoms with van der Waals surface area (Å²) in [7, 11) is 3.76. The number of ether oxygens (including phenoxy) is 1. The normalized spacial score (nSPS) is 18.6. The summed E-state index contributed by atoms with van der Waals surface area (Å²) < 4.78 is 5.36. The molecule has 1 aliphatic rings. The highest BCUT2D eigenvalue weighted by Crippen LogP contribution is 2.34. The van der Waals surface area contributed by atoms with Gasteiger partial charge in [0.05, 0.1) is 7.11 Å². The Bertz CT molecular complexity index is 571. The van der Waals surface area contributed by atoms with Gasteiger partial charge in [-0.05, 0) is 43.7 Å². The average molecular weight is 230 g/mol. The van der Waals surface area contributed by atoms with E-state index in [2.05, 4.69) is 29.4 Å². The number of aryl methyl sites for hydroxylation is 1. The van der Waals surface area contributed by atoms with Crippen molar-refractivity contribution in [3.63, 3.8) is 0 Å². The van der Waals surface area contributed by atoms with Gasteiger partial charge in [0.15, 0.2) is 0 Å². The van der Waals surface area contributed by atoms with Crippen molar-refractivity contribution in [3.05, 3.63) is 29.0 Å². The second-order valence-electron chi connectivity index (χ2n) is 4.84. The number of aromatic nitrogens is 1. The van der Waals surface area contributed by atoms with Gasteiger partial charge in [-0.1, -0.05) is 0 Å². The maximum Gasteiger partial charge on any atom is 0.119 e. The molecule has 0 saturated carbocycles. The van der Waals surface area contributed by atoms with Crippen LogP contribution in [-0.2, 0) is 12.8 Å². The fourth-order valence-electron chi connectivity index (χ4n) is 2.84. The van der Waals surface area contributed by atoms with Crippen LogP contribution in [0.3, 0.4) is 0 Å². The summed E-state index contributed by atoms with van der Waals surface area (Å²) in [5, 5.41) is 4.68. The number of methoxy groups -OCH3 is 1. The van der Waals surface area contributed by atoms with Crippen LogP contribution < -0.4 is 10.1 Å². The zero-order valence-corrected chi connectivity index (χ0v) is 10.6. The molecule has 17 heavy (non-hydrogen) atoms. The SMILES string of the molecule is CNC1Cc2[nH]c3c(C)cc(OC)cc3c2C1. The largest absolute Gasteiger partial charge is 0.497 e. The molecule has 0 saturated heterocycles. The summed E-state index contributed by atoms with van der Waals surface area (Å²) in [5.41, 5.74) is 5.37. The van der Waals surface area contributed by atoms with Crippen LogP contribution in [0.4, 0.5) is 0 Å². The molecule has 0 amide bonds. The van der Waals surface area contributed by atoms with E-state index >= 15 is 0 Å². The van der Waals surface area contributed by atoms with Gasteiger partial charge in [0.1, 0.15) is 5.75 Å². The van der Waals surface area contributed by atoms with Crippen LogP contribution >= 0.6 is 0 Å². The zero-order valence-electron chi connectivity index (χ0n) is 10.6. The Labute approximate surface area is 101 Å². The van der Waals surface area contributed by atoms with Crippen molar-refractivity contribution in [3.8, 4) is 5.75 Å². The molecular weight excluding hydrogens is 212 g/mol. The van der Waals surface area contributed by atoms with E-state index in [1.807, 2.05) is 7.05 Å². The third kappa shape index (κ3) is 1.53. The number of hydrogen-bond acceptors (Lipinski definition) is 2. The van der Waals surface area contributed by atoms with Crippen molar-refractivity contribution in [2.45, 2.75) is 25.8 Å². The Morgan fingerprint density at radius 2 is 2.18 bits per heavy atom. The topological polar surface area (TPSA) is 37.0 Å². The molecule has 2 N–H and O–H groups in total. The first-order valence-corrected chi connectivity index (χ1v) is 6.08. The van der Waals surface area contributed by atoms with E-state index in [9.17, 15) is 0 Å². The Morgan fingerprint density at radius 1 is 1.35 bits per heavy atom. The number of likely N-dealkylation sites (N-methyl/N-ethyl adjacent to an activating group) is 1. The van der Waals surface area contributed by atoms with E-state index in [0.717, 1.165) is 18.6 Å². The Balaban J connectivity index is 2.18. The van der Waals surface area contributed by atoms with Crippen LogP contribution in [0.15, 0.2) is 12.1 Å². The van der Waals surface area contributed by atoms with Crippen LogP contribution in [0, 0.1) is 6.92 Å². The third-order valence-corrected chi connectivity index (χ3v) is 3.82. The molecule has 2 aromatic rings. The second-order valence-corrected chi connectivity index (χ2v) is 4.84. The van der Waals surface area contributed by atoms with Gasteiger partial charge >= 0.3 is 0 Å². The number of fused-ring (bicyclic) bond motifs is 3. The number of hydrogen-bond donors (Lipinski definition) is 2. The van der Waals surface area contributed by atoms with Gasteiger partial charge in [-0.25, -0.2) is 0 Å². The maximum atomic E-state index is 5.36. The number of aromatic amines is 1. The van der Waals surface area contributed by atoms with E-state index in [4.69, 9.17) is 4.74 Å². The average Bonchev–Trinajstić information content (AvgIpc) is 2.86. The smallest absolute Gasteiger partial charge is 0.119 e. The molecule has 0 radical (unpaired) electrons. The monoisotopic (exact) mass is 230 g/mol. The molecule has 1 aromatic carbocycles. The van der Waals surface area contributed by atoms with E-state index in [-0.39, 0.29) is 0 Å². The van der Waals surface area contributed by atoms with Crippen molar-refractivity contribution >= 4 is 10.9 Å². The van der Waals surface area contributed by atoms with Gasteiger partial charge in [-0.2, -0.15) is 0 Å². The van der Waals surface area contributed by atoms with Crippen molar-refractivity contribution in [2.24, 2.45) is 0 Å². The van der Waals surface area contributed by atoms with Crippen LogP contribution in [-0.4, -0.2) is 25.2 Å². The summed E-state index contributed by atoms with van der Waals surface area (Å²) in [5.74, 6) is 0.949. The molecule has 3 heteroatoms. The quantitative estimate of drug-likeness (QED) is 0.829. The Morgan fingerprint density at radius 3 is 2.88 bits per heavy atom. The summed E-state index contributed by atoms with van der Waals surface area (Å²) in [4.78, 5) is 3.56. The van der Waals surface area contributed by atoms with Gasteiger partial charge in [0.25, 0.3) is 0 Å². The van der Waals surface area contributed by atoms with E-state index in [1.54, 1.807) is 7.11 Å². The molecule has 90 valence electrons. The Kier molecular flexibility index (Phi) is 2.37. The first-order valence-electron chi connectivity index (χ1n) is 6.08. The van der Waals surface area contributed by atoms with Gasteiger partial charge in [0.2, 0.25) is 0 Å². The first kappa shape index (κ1) is 10.7. The van der Waals surface area contributed by atoms with Gasteiger partial charge in [-0.15, -0.1) is 0 Å². The Hall–Kier alpha value is -1.48. The molecule has 1 aromatic heterocycles. The minimum absolute atomic E-state index is 0.576. The predicted octanol–water partition coefficient (Wildman–Crippen LogP) is 2.17. The first-order chi connectivity index (χ1) is 8.22. The molecule has 3 rings (SSSR count). The van der Waals surface area contributed by atoms with Gasteiger partial charge < -0.3 is 15.0 Å². The van der Waals surface area contributed by atoms with Crippen molar-refractivity contribution in [1.82, 2.24) is 10.3 Å². The maximum absolute atomic E-state index is 5.36. The van der Waals surface area contributed by atoms with Crippen LogP contribution in [0.5, 0.6) is 5.75 Å². The number of nitrogens with one attached hydrogen (secondary N) is 2. The van der Waals surface area contributed by atoms with Crippen LogP contribution in [0.25, 0.3) is 10.9 Å². The fourth-order valence-corrected chi connectivity index (χ4v) is 2.84. The van der Waals surface area contributed by atoms with Crippen molar-refractivity contribution < 1.29 is 4.74 Å². The lowest BCUT2D eigenvalue weighted by Gasteiger charge is -2.08. The molecule has 1 aliphatic carbocycles. The summed E-state index contributed by atoms with van der Waals surface area (Å²) in [6, 6.07) is 4.81. The van der Waals surface area contributed by atoms with E-state index in [1.165, 1.54) is 27.7 Å². The molecule has 1 heterocycles. The number of rotatable bonds is 2. The van der Waals surface area contributed by atoms with Gasteiger partial charge in [-0.3, -0.25) is 0 Å². The summed E-state index contributed by atoms with van der Waals surface area (Å²) in [6.45, 7) is 2.13. The molecular formula is C14H18N2O. The lowest BCUT2D eigenvalue weighted by Crippen LogP contribution is -2.25. The highest BCUT2D eigenvalue weighted by Gasteiger charge is 2.24. The van der Waals surface area contributed by atoms with Crippen molar-refractivity contribution in [1.29, 1.82) is 0 Å². The zero-order chi connectivity index (χ0) is 12.0. The minimum Gasteiger partial charge on any atom is -0.497 e. The summed E-state index contributed by atoms with van der Waals surface area (Å²) in [6.07, 6.45) is 2.21. The second kappa shape index (κ2) is 3.77. The highest BCUT2D eigenvalue weighted by atomic mass is 16.5. The minimum atomic E-state index is 0.576. The predicted molar refractivity (Wildman–Crippen MR) is 69.8 cm³/mol. The number of benzene rings is 1. The molecule has 0 aliphatic heterocycles. The highest BCUT2D eigenvalue weighted by molar-refractivity contribution is 5.89. The molecule has 0 spiro atoms. The molecule has 0 fully saturated rings. The molecule has 1 unspecified atom stereocenters. The van der Waals surface area contributed by atoms with E-state index < -0.39 is 0 Å². The molecule has 0 bridgehead atoms. The fraction of sp³-hybridized carbons (Fsp3) is 0.429. The van der Waals surface area contributed by atoms with Gasteiger partial charge in [0, 0.05) is 29.1 Å². The van der Waals surface area contributed by atoms with Crippen LogP contribution in [0.2, 0.25) is 0 Å². The number of H-pyrrole nitrogens is 1. The van der Waals surface area contributed by atoms with E-state index in [0.29, 0.717) is 6.04 Å². The summed E-state index contributed by atoms with van der Waals surface area (Å²) >= 11 is 0. The van der Waals surface area contributed by atoms with Crippen molar-refractivity contribution in [2.75, 3.05) is 14.2 Å². The molecule has 1 atom stereocenters.